The van der Waals surface area contributed by atoms with E-state index in [1.54, 1.807) is 0 Å². The SMILES string of the molecule is CC(CC(F)(F)F)n1nnnc1-c1cc(N)c(Cl)c(Cl)c1. The van der Waals surface area contributed by atoms with Gasteiger partial charge in [0.15, 0.2) is 5.82 Å². The van der Waals surface area contributed by atoms with Crippen LogP contribution in [0, 0.1) is 0 Å². The number of aromatic nitrogens is 4. The van der Waals surface area contributed by atoms with Crippen molar-refractivity contribution in [2.24, 2.45) is 0 Å². The van der Waals surface area contributed by atoms with E-state index in [4.69, 9.17) is 28.9 Å². The maximum atomic E-state index is 12.5. The summed E-state index contributed by atoms with van der Waals surface area (Å²) in [7, 11) is 0. The molecular formula is C11H10Cl2F3N5. The number of hydrogen-bond donors (Lipinski definition) is 1. The topological polar surface area (TPSA) is 69.6 Å². The summed E-state index contributed by atoms with van der Waals surface area (Å²) >= 11 is 11.7. The lowest BCUT2D eigenvalue weighted by atomic mass is 10.1. The molecule has 2 aromatic rings. The van der Waals surface area contributed by atoms with Crippen LogP contribution in [0.25, 0.3) is 11.4 Å². The van der Waals surface area contributed by atoms with E-state index < -0.39 is 18.6 Å². The van der Waals surface area contributed by atoms with Crippen LogP contribution in [-0.4, -0.2) is 26.4 Å². The number of anilines is 1. The fraction of sp³-hybridized carbons (Fsp3) is 0.364. The quantitative estimate of drug-likeness (QED) is 0.864. The first kappa shape index (κ1) is 15.8. The minimum Gasteiger partial charge on any atom is -0.397 e. The molecule has 1 aromatic heterocycles. The average Bonchev–Trinajstić information content (AvgIpc) is 2.82. The summed E-state index contributed by atoms with van der Waals surface area (Å²) in [5, 5.41) is 11.1. The van der Waals surface area contributed by atoms with E-state index in [-0.39, 0.29) is 21.6 Å². The molecule has 0 aliphatic carbocycles. The second-order valence-electron chi connectivity index (χ2n) is 4.48. The van der Waals surface area contributed by atoms with Gasteiger partial charge in [0.1, 0.15) is 0 Å². The summed E-state index contributed by atoms with van der Waals surface area (Å²) in [6.07, 6.45) is -5.37. The summed E-state index contributed by atoms with van der Waals surface area (Å²) in [5.41, 5.74) is 6.26. The average molecular weight is 340 g/mol. The minimum absolute atomic E-state index is 0.136. The molecule has 0 saturated carbocycles. The zero-order chi connectivity index (χ0) is 15.8. The third-order valence-electron chi connectivity index (χ3n) is 2.75. The van der Waals surface area contributed by atoms with Gasteiger partial charge in [0.25, 0.3) is 0 Å². The van der Waals surface area contributed by atoms with Crippen LogP contribution in [0.2, 0.25) is 10.0 Å². The Morgan fingerprint density at radius 2 is 2.00 bits per heavy atom. The van der Waals surface area contributed by atoms with E-state index in [2.05, 4.69) is 15.5 Å². The van der Waals surface area contributed by atoms with Crippen LogP contribution < -0.4 is 5.73 Å². The van der Waals surface area contributed by atoms with E-state index >= 15 is 0 Å². The highest BCUT2D eigenvalue weighted by molar-refractivity contribution is 6.43. The summed E-state index contributed by atoms with van der Waals surface area (Å²) < 4.78 is 38.5. The second-order valence-corrected chi connectivity index (χ2v) is 5.26. The predicted molar refractivity (Wildman–Crippen MR) is 73.1 cm³/mol. The van der Waals surface area contributed by atoms with Gasteiger partial charge in [-0.3, -0.25) is 0 Å². The van der Waals surface area contributed by atoms with Gasteiger partial charge in [-0.15, -0.1) is 5.10 Å². The molecule has 114 valence electrons. The minimum atomic E-state index is -4.32. The van der Waals surface area contributed by atoms with E-state index in [0.717, 1.165) is 4.68 Å². The highest BCUT2D eigenvalue weighted by atomic mass is 35.5. The molecule has 2 rings (SSSR count). The first-order chi connectivity index (χ1) is 9.69. The lowest BCUT2D eigenvalue weighted by Crippen LogP contribution is -2.18. The monoisotopic (exact) mass is 339 g/mol. The van der Waals surface area contributed by atoms with Crippen molar-refractivity contribution in [3.8, 4) is 11.4 Å². The third-order valence-corrected chi connectivity index (χ3v) is 3.57. The maximum absolute atomic E-state index is 12.5. The number of nitrogen functional groups attached to an aromatic ring is 1. The molecule has 0 amide bonds. The number of alkyl halides is 3. The van der Waals surface area contributed by atoms with Crippen LogP contribution >= 0.6 is 23.2 Å². The van der Waals surface area contributed by atoms with Crippen molar-refractivity contribution in [2.45, 2.75) is 25.6 Å². The molecule has 0 radical (unpaired) electrons. The molecule has 0 aliphatic rings. The first-order valence-electron chi connectivity index (χ1n) is 5.78. The van der Waals surface area contributed by atoms with Crippen LogP contribution in [0.5, 0.6) is 0 Å². The molecule has 1 aromatic carbocycles. The van der Waals surface area contributed by atoms with Crippen molar-refractivity contribution < 1.29 is 13.2 Å². The lowest BCUT2D eigenvalue weighted by molar-refractivity contribution is -0.142. The molecule has 1 atom stereocenters. The van der Waals surface area contributed by atoms with Crippen molar-refractivity contribution in [2.75, 3.05) is 5.73 Å². The standard InChI is InChI=1S/C11H10Cl2F3N5/c1-5(4-11(14,15)16)21-10(18-19-20-21)6-2-7(12)9(13)8(17)3-6/h2-3,5H,4,17H2,1H3. The van der Waals surface area contributed by atoms with E-state index in [9.17, 15) is 13.2 Å². The van der Waals surface area contributed by atoms with Gasteiger partial charge in [-0.05, 0) is 29.5 Å². The number of hydrogen-bond acceptors (Lipinski definition) is 4. The van der Waals surface area contributed by atoms with Crippen LogP contribution in [0.1, 0.15) is 19.4 Å². The Bertz CT molecular complexity index is 633. The third kappa shape index (κ3) is 3.56. The second kappa shape index (κ2) is 5.69. The van der Waals surface area contributed by atoms with Gasteiger partial charge >= 0.3 is 6.18 Å². The predicted octanol–water partition coefficient (Wildman–Crippen LogP) is 3.74. The highest BCUT2D eigenvalue weighted by Crippen LogP contribution is 2.34. The fourth-order valence-corrected chi connectivity index (χ4v) is 2.18. The summed E-state index contributed by atoms with van der Waals surface area (Å²) in [5.74, 6) is 0.136. The molecule has 0 saturated heterocycles. The molecule has 0 aliphatic heterocycles. The Morgan fingerprint density at radius 3 is 2.57 bits per heavy atom. The van der Waals surface area contributed by atoms with E-state index in [1.165, 1.54) is 19.1 Å². The molecular weight excluding hydrogens is 330 g/mol. The van der Waals surface area contributed by atoms with Crippen molar-refractivity contribution in [1.82, 2.24) is 20.2 Å². The Morgan fingerprint density at radius 1 is 1.33 bits per heavy atom. The first-order valence-corrected chi connectivity index (χ1v) is 6.54. The maximum Gasteiger partial charge on any atom is 0.391 e. The van der Waals surface area contributed by atoms with Crippen molar-refractivity contribution in [3.05, 3.63) is 22.2 Å². The van der Waals surface area contributed by atoms with Crippen molar-refractivity contribution in [3.63, 3.8) is 0 Å². The molecule has 0 spiro atoms. The Balaban J connectivity index is 2.41. The molecule has 21 heavy (non-hydrogen) atoms. The molecule has 0 fully saturated rings. The zero-order valence-electron chi connectivity index (χ0n) is 10.7. The summed E-state index contributed by atoms with van der Waals surface area (Å²) in [6, 6.07) is 1.94. The van der Waals surface area contributed by atoms with E-state index in [1.807, 2.05) is 0 Å². The van der Waals surface area contributed by atoms with Crippen molar-refractivity contribution in [1.29, 1.82) is 0 Å². The summed E-state index contributed by atoms with van der Waals surface area (Å²) in [4.78, 5) is 0. The Hall–Kier alpha value is -1.54. The fourth-order valence-electron chi connectivity index (χ4n) is 1.84. The molecule has 1 heterocycles. The number of rotatable bonds is 3. The van der Waals surface area contributed by atoms with Crippen LogP contribution in [-0.2, 0) is 0 Å². The van der Waals surface area contributed by atoms with Gasteiger partial charge in [-0.25, -0.2) is 4.68 Å². The highest BCUT2D eigenvalue weighted by Gasteiger charge is 2.32. The van der Waals surface area contributed by atoms with Crippen LogP contribution in [0.3, 0.4) is 0 Å². The van der Waals surface area contributed by atoms with Gasteiger partial charge in [0, 0.05) is 5.56 Å². The Kier molecular flexibility index (Phi) is 4.29. The number of halogens is 5. The van der Waals surface area contributed by atoms with Crippen LogP contribution in [0.4, 0.5) is 18.9 Å². The van der Waals surface area contributed by atoms with Crippen molar-refractivity contribution >= 4 is 28.9 Å². The molecule has 1 unspecified atom stereocenters. The number of nitrogens with zero attached hydrogens (tertiary/aromatic N) is 4. The van der Waals surface area contributed by atoms with E-state index in [0.29, 0.717) is 5.56 Å². The van der Waals surface area contributed by atoms with Gasteiger partial charge in [0.2, 0.25) is 0 Å². The molecule has 10 heteroatoms. The van der Waals surface area contributed by atoms with Gasteiger partial charge in [0.05, 0.1) is 28.2 Å². The number of tetrazole rings is 1. The number of nitrogens with two attached hydrogens (primary N) is 1. The van der Waals surface area contributed by atoms with Gasteiger partial charge in [-0.2, -0.15) is 13.2 Å². The molecule has 2 N–H and O–H groups in total. The number of benzene rings is 1. The molecule has 0 bridgehead atoms. The smallest absolute Gasteiger partial charge is 0.391 e. The Labute approximate surface area is 127 Å². The largest absolute Gasteiger partial charge is 0.397 e. The summed E-state index contributed by atoms with van der Waals surface area (Å²) in [6.45, 7) is 1.37. The lowest BCUT2D eigenvalue weighted by Gasteiger charge is -2.15. The normalized spacial score (nSPS) is 13.4. The van der Waals surface area contributed by atoms with Gasteiger partial charge in [-0.1, -0.05) is 23.2 Å². The zero-order valence-corrected chi connectivity index (χ0v) is 12.2. The van der Waals surface area contributed by atoms with Crippen LogP contribution in [0.15, 0.2) is 12.1 Å². The molecule has 5 nitrogen and oxygen atoms in total. The van der Waals surface area contributed by atoms with Gasteiger partial charge < -0.3 is 5.73 Å².